The van der Waals surface area contributed by atoms with Gasteiger partial charge in [-0.2, -0.15) is 0 Å². The second-order valence-electron chi connectivity index (χ2n) is 5.91. The second kappa shape index (κ2) is 9.82. The Balaban J connectivity index is 2.95. The van der Waals surface area contributed by atoms with Crippen LogP contribution in [0, 0.1) is 0 Å². The monoisotopic (exact) mass is 435 g/mol. The average Bonchev–Trinajstić information content (AvgIpc) is 2.59. The van der Waals surface area contributed by atoms with Crippen molar-refractivity contribution in [2.75, 3.05) is 14.2 Å². The highest BCUT2D eigenvalue weighted by Gasteiger charge is 2.27. The Kier molecular flexibility index (Phi) is 8.36. The van der Waals surface area contributed by atoms with Crippen molar-refractivity contribution in [1.29, 1.82) is 0 Å². The van der Waals surface area contributed by atoms with Crippen molar-refractivity contribution in [3.05, 3.63) is 28.8 Å². The number of carbonyl (C=O) groups excluding carboxylic acids is 3. The number of urea groups is 1. The molecule has 1 unspecified atom stereocenters. The Morgan fingerprint density at radius 3 is 2.32 bits per heavy atom. The van der Waals surface area contributed by atoms with E-state index in [4.69, 9.17) is 16.3 Å². The van der Waals surface area contributed by atoms with E-state index in [1.165, 1.54) is 19.1 Å². The highest BCUT2D eigenvalue weighted by atomic mass is 35.5. The summed E-state index contributed by atoms with van der Waals surface area (Å²) in [6.07, 6.45) is -1.30. The maximum Gasteiger partial charge on any atom is 0.338 e. The molecule has 0 bridgehead atoms. The van der Waals surface area contributed by atoms with Crippen LogP contribution >= 0.6 is 11.6 Å². The van der Waals surface area contributed by atoms with Crippen LogP contribution < -0.4 is 10.6 Å². The quantitative estimate of drug-likeness (QED) is 0.487. The smallest absolute Gasteiger partial charge is 0.338 e. The molecule has 1 aromatic rings. The minimum absolute atomic E-state index is 0.128. The zero-order valence-electron chi connectivity index (χ0n) is 16.0. The molecule has 12 heteroatoms. The first kappa shape index (κ1) is 23.8. The van der Waals surface area contributed by atoms with E-state index in [0.29, 0.717) is 4.47 Å². The number of nitrogens with zero attached hydrogens (tertiary/aromatic N) is 1. The van der Waals surface area contributed by atoms with Crippen molar-refractivity contribution < 1.29 is 32.4 Å². The van der Waals surface area contributed by atoms with E-state index >= 15 is 0 Å². The summed E-state index contributed by atoms with van der Waals surface area (Å²) in [5, 5.41) is 4.35. The maximum atomic E-state index is 12.4. The van der Waals surface area contributed by atoms with Gasteiger partial charge in [-0.1, -0.05) is 16.1 Å². The normalized spacial score (nSPS) is 12.6. The Labute approximate surface area is 168 Å². The molecule has 1 rings (SSSR count). The van der Waals surface area contributed by atoms with Crippen LogP contribution in [0.1, 0.15) is 31.1 Å². The third-order valence-electron chi connectivity index (χ3n) is 3.35. The zero-order chi connectivity index (χ0) is 21.6. The number of amides is 3. The van der Waals surface area contributed by atoms with E-state index in [0.717, 1.165) is 20.2 Å². The lowest BCUT2D eigenvalue weighted by atomic mass is 10.2. The molecular weight excluding hydrogens is 414 g/mol. The fraction of sp³-hybridized carbons (Fsp3) is 0.438. The molecular formula is C16H22ClN3O7S. The van der Waals surface area contributed by atoms with Crippen molar-refractivity contribution in [2.45, 2.75) is 37.8 Å². The largest absolute Gasteiger partial charge is 0.449 e. The highest BCUT2D eigenvalue weighted by molar-refractivity contribution is 7.89. The third-order valence-corrected chi connectivity index (χ3v) is 5.51. The van der Waals surface area contributed by atoms with E-state index in [9.17, 15) is 22.8 Å². The van der Waals surface area contributed by atoms with Crippen molar-refractivity contribution in [3.8, 4) is 0 Å². The van der Waals surface area contributed by atoms with Crippen molar-refractivity contribution in [3.63, 3.8) is 0 Å². The van der Waals surface area contributed by atoms with Crippen LogP contribution in [-0.2, 0) is 24.4 Å². The van der Waals surface area contributed by atoms with Crippen LogP contribution in [0.25, 0.3) is 0 Å². The molecule has 10 nitrogen and oxygen atoms in total. The molecule has 0 saturated carbocycles. The summed E-state index contributed by atoms with van der Waals surface area (Å²) in [5.74, 6) is -1.81. The number of halogens is 1. The van der Waals surface area contributed by atoms with Gasteiger partial charge >= 0.3 is 12.0 Å². The SMILES string of the molecule is CON(C)S(=O)(=O)c1cc(C(=O)OC(C)C(=O)NC(=O)NC(C)C)ccc1Cl. The van der Waals surface area contributed by atoms with E-state index in [2.05, 4.69) is 10.2 Å². The molecule has 1 aromatic carbocycles. The Morgan fingerprint density at radius 1 is 1.18 bits per heavy atom. The Morgan fingerprint density at radius 2 is 1.79 bits per heavy atom. The van der Waals surface area contributed by atoms with Crippen LogP contribution in [0.3, 0.4) is 0 Å². The van der Waals surface area contributed by atoms with Gasteiger partial charge in [-0.25, -0.2) is 18.0 Å². The molecule has 3 amide bonds. The topological polar surface area (TPSA) is 131 Å². The molecule has 0 aliphatic heterocycles. The summed E-state index contributed by atoms with van der Waals surface area (Å²) < 4.78 is 30.3. The van der Waals surface area contributed by atoms with Gasteiger partial charge < -0.3 is 10.1 Å². The van der Waals surface area contributed by atoms with Crippen LogP contribution in [-0.4, -0.2) is 57.1 Å². The van der Waals surface area contributed by atoms with Gasteiger partial charge in [-0.05, 0) is 39.0 Å². The lowest BCUT2D eigenvalue weighted by molar-refractivity contribution is -0.127. The lowest BCUT2D eigenvalue weighted by Crippen LogP contribution is -2.46. The number of benzene rings is 1. The minimum atomic E-state index is -4.11. The lowest BCUT2D eigenvalue weighted by Gasteiger charge is -2.17. The van der Waals surface area contributed by atoms with E-state index in [1.54, 1.807) is 13.8 Å². The van der Waals surface area contributed by atoms with Gasteiger partial charge in [0.05, 0.1) is 17.7 Å². The van der Waals surface area contributed by atoms with Gasteiger partial charge in [0.25, 0.3) is 15.9 Å². The summed E-state index contributed by atoms with van der Waals surface area (Å²) in [5.41, 5.74) is -0.154. The number of hydroxylamine groups is 1. The number of imide groups is 1. The molecule has 0 spiro atoms. The van der Waals surface area contributed by atoms with Gasteiger partial charge in [-0.3, -0.25) is 14.9 Å². The zero-order valence-corrected chi connectivity index (χ0v) is 17.6. The molecule has 0 saturated heterocycles. The van der Waals surface area contributed by atoms with Gasteiger partial charge in [0, 0.05) is 13.1 Å². The third kappa shape index (κ3) is 6.16. The average molecular weight is 436 g/mol. The first-order valence-corrected chi connectivity index (χ1v) is 9.86. The number of hydrogen-bond acceptors (Lipinski definition) is 7. The summed E-state index contributed by atoms with van der Waals surface area (Å²) in [6.45, 7) is 4.68. The number of hydrogen-bond donors (Lipinski definition) is 2. The highest BCUT2D eigenvalue weighted by Crippen LogP contribution is 2.25. The van der Waals surface area contributed by atoms with E-state index < -0.39 is 34.0 Å². The molecule has 0 aromatic heterocycles. The fourth-order valence-electron chi connectivity index (χ4n) is 1.86. The van der Waals surface area contributed by atoms with Crippen LogP contribution in [0.2, 0.25) is 5.02 Å². The fourth-order valence-corrected chi connectivity index (χ4v) is 3.33. The summed E-state index contributed by atoms with van der Waals surface area (Å²) in [7, 11) is -1.80. The van der Waals surface area contributed by atoms with Crippen molar-refractivity contribution in [1.82, 2.24) is 15.1 Å². The first-order chi connectivity index (χ1) is 12.9. The van der Waals surface area contributed by atoms with Gasteiger partial charge in [0.2, 0.25) is 0 Å². The molecule has 1 atom stereocenters. The van der Waals surface area contributed by atoms with Crippen molar-refractivity contribution >= 4 is 39.5 Å². The number of esters is 1. The molecule has 0 heterocycles. The van der Waals surface area contributed by atoms with Crippen LogP contribution in [0.5, 0.6) is 0 Å². The van der Waals surface area contributed by atoms with Gasteiger partial charge in [0.15, 0.2) is 6.10 Å². The molecule has 28 heavy (non-hydrogen) atoms. The molecule has 2 N–H and O–H groups in total. The van der Waals surface area contributed by atoms with Gasteiger partial charge in [-0.15, -0.1) is 0 Å². The van der Waals surface area contributed by atoms with Crippen LogP contribution in [0.4, 0.5) is 4.79 Å². The predicted octanol–water partition coefficient (Wildman–Crippen LogP) is 1.30. The standard InChI is InChI=1S/C16H22ClN3O7S/c1-9(2)18-16(23)19-14(21)10(3)27-15(22)11-6-7-12(17)13(8-11)28(24,25)20(4)26-5/h6-10H,1-5H3,(H2,18,19,21,23). The Bertz CT molecular complexity index is 858. The number of sulfonamides is 1. The number of ether oxygens (including phenoxy) is 1. The van der Waals surface area contributed by atoms with E-state index in [-0.39, 0.29) is 21.5 Å². The number of nitrogens with one attached hydrogen (secondary N) is 2. The van der Waals surface area contributed by atoms with Gasteiger partial charge in [0.1, 0.15) is 4.90 Å². The second-order valence-corrected chi connectivity index (χ2v) is 8.22. The summed E-state index contributed by atoms with van der Waals surface area (Å²) >= 11 is 5.92. The molecule has 0 radical (unpaired) electrons. The van der Waals surface area contributed by atoms with Crippen LogP contribution in [0.15, 0.2) is 23.1 Å². The molecule has 0 aliphatic carbocycles. The molecule has 156 valence electrons. The first-order valence-electron chi connectivity index (χ1n) is 8.05. The summed E-state index contributed by atoms with van der Waals surface area (Å²) in [6, 6.07) is 2.53. The number of carbonyl (C=O) groups is 3. The minimum Gasteiger partial charge on any atom is -0.449 e. The predicted molar refractivity (Wildman–Crippen MR) is 100 cm³/mol. The maximum absolute atomic E-state index is 12.4. The van der Waals surface area contributed by atoms with Crippen molar-refractivity contribution in [2.24, 2.45) is 0 Å². The molecule has 0 fully saturated rings. The van der Waals surface area contributed by atoms with E-state index in [1.807, 2.05) is 5.32 Å². The molecule has 0 aliphatic rings. The summed E-state index contributed by atoms with van der Waals surface area (Å²) in [4.78, 5) is 40.0. The number of rotatable bonds is 7. The Hall–Kier alpha value is -2.21.